The third-order valence-electron chi connectivity index (χ3n) is 3.59. The number of primary amides is 1. The van der Waals surface area contributed by atoms with Crippen LogP contribution in [0.25, 0.3) is 0 Å². The molecule has 2 aromatic carbocycles. The number of carbonyl (C=O) groups excluding carboxylic acids is 2. The molecular weight excluding hydrogens is 408 g/mol. The summed E-state index contributed by atoms with van der Waals surface area (Å²) in [4.78, 5) is 22.8. The van der Waals surface area contributed by atoms with E-state index in [4.69, 9.17) is 22.1 Å². The smallest absolute Gasteiger partial charge is 0.312 e. The minimum absolute atomic E-state index is 0.0702. The van der Waals surface area contributed by atoms with Crippen LogP contribution in [0.2, 0.25) is 5.02 Å². The predicted molar refractivity (Wildman–Crippen MR) is 106 cm³/mol. The zero-order valence-electron chi connectivity index (χ0n) is 15.0. The molecule has 0 aliphatic carbocycles. The van der Waals surface area contributed by atoms with Crippen LogP contribution in [-0.2, 0) is 14.8 Å². The van der Waals surface area contributed by atoms with E-state index in [2.05, 4.69) is 15.4 Å². The minimum Gasteiger partial charge on any atom is -0.495 e. The number of urea groups is 1. The summed E-state index contributed by atoms with van der Waals surface area (Å²) in [5, 5.41) is 4.95. The van der Waals surface area contributed by atoms with E-state index in [1.54, 1.807) is 18.2 Å². The third kappa shape index (κ3) is 5.27. The monoisotopic (exact) mass is 426 g/mol. The Balaban J connectivity index is 2.33. The van der Waals surface area contributed by atoms with Crippen molar-refractivity contribution in [3.63, 3.8) is 0 Å². The molecule has 0 spiro atoms. The molecule has 0 fully saturated rings. The van der Waals surface area contributed by atoms with Gasteiger partial charge in [0.2, 0.25) is 5.91 Å². The molecule has 28 heavy (non-hydrogen) atoms. The maximum absolute atomic E-state index is 12.8. The molecular formula is C17H19ClN4O5S. The molecule has 150 valence electrons. The van der Waals surface area contributed by atoms with Gasteiger partial charge in [-0.3, -0.25) is 9.52 Å². The number of nitrogens with two attached hydrogens (primary N) is 1. The quantitative estimate of drug-likeness (QED) is 0.537. The molecule has 0 saturated heterocycles. The van der Waals surface area contributed by atoms with E-state index in [0.717, 1.165) is 0 Å². The highest BCUT2D eigenvalue weighted by molar-refractivity contribution is 7.92. The number of rotatable bonds is 7. The van der Waals surface area contributed by atoms with Gasteiger partial charge in [-0.25, -0.2) is 13.2 Å². The first-order chi connectivity index (χ1) is 13.1. The molecule has 9 nitrogen and oxygen atoms in total. The molecule has 0 aliphatic rings. The second kappa shape index (κ2) is 8.81. The third-order valence-corrected chi connectivity index (χ3v) is 5.31. The van der Waals surface area contributed by atoms with Crippen molar-refractivity contribution in [2.75, 3.05) is 17.1 Å². The van der Waals surface area contributed by atoms with Crippen LogP contribution >= 0.6 is 11.6 Å². The number of halogens is 1. The lowest BCUT2D eigenvalue weighted by Gasteiger charge is -2.16. The van der Waals surface area contributed by atoms with Gasteiger partial charge in [-0.05, 0) is 37.3 Å². The fourth-order valence-corrected chi connectivity index (χ4v) is 3.75. The number of amides is 3. The van der Waals surface area contributed by atoms with Crippen molar-refractivity contribution in [2.45, 2.75) is 17.9 Å². The summed E-state index contributed by atoms with van der Waals surface area (Å²) in [5.74, 6) is -0.507. The van der Waals surface area contributed by atoms with Crippen LogP contribution in [0.3, 0.4) is 0 Å². The van der Waals surface area contributed by atoms with Crippen molar-refractivity contribution in [3.8, 4) is 5.75 Å². The molecule has 0 unspecified atom stereocenters. The van der Waals surface area contributed by atoms with Crippen molar-refractivity contribution in [1.29, 1.82) is 0 Å². The summed E-state index contributed by atoms with van der Waals surface area (Å²) >= 11 is 6.01. The number of ether oxygens (including phenoxy) is 1. The Kier molecular flexibility index (Phi) is 6.71. The number of hydrogen-bond donors (Lipinski definition) is 4. The Morgan fingerprint density at radius 2 is 1.86 bits per heavy atom. The van der Waals surface area contributed by atoms with Crippen molar-refractivity contribution >= 4 is 44.9 Å². The average Bonchev–Trinajstić information content (AvgIpc) is 2.63. The van der Waals surface area contributed by atoms with Gasteiger partial charge in [0.05, 0.1) is 17.8 Å². The fraction of sp³-hybridized carbons (Fsp3) is 0.176. The van der Waals surface area contributed by atoms with Gasteiger partial charge in [-0.15, -0.1) is 0 Å². The molecule has 5 N–H and O–H groups in total. The summed E-state index contributed by atoms with van der Waals surface area (Å²) in [6.07, 6.45) is 0. The van der Waals surface area contributed by atoms with E-state index >= 15 is 0 Å². The molecule has 0 saturated carbocycles. The molecule has 0 aliphatic heterocycles. The number of methoxy groups -OCH3 is 1. The highest BCUT2D eigenvalue weighted by Gasteiger charge is 2.22. The van der Waals surface area contributed by atoms with Gasteiger partial charge in [0, 0.05) is 5.69 Å². The molecule has 1 atom stereocenters. The highest BCUT2D eigenvalue weighted by Crippen LogP contribution is 2.30. The van der Waals surface area contributed by atoms with Crippen LogP contribution in [-0.4, -0.2) is 33.5 Å². The number of para-hydroxylation sites is 1. The number of benzene rings is 2. The van der Waals surface area contributed by atoms with Gasteiger partial charge < -0.3 is 21.1 Å². The number of carbonyl (C=O) groups is 2. The zero-order chi connectivity index (χ0) is 20.9. The summed E-state index contributed by atoms with van der Waals surface area (Å²) in [5.41, 5.74) is 5.36. The van der Waals surface area contributed by atoms with E-state index in [1.165, 1.54) is 38.3 Å². The van der Waals surface area contributed by atoms with E-state index < -0.39 is 28.0 Å². The number of nitrogens with one attached hydrogen (secondary N) is 3. The average molecular weight is 427 g/mol. The normalized spacial score (nSPS) is 12.0. The molecule has 0 heterocycles. The standard InChI is InChI=1S/C17H19ClN4O5S/c1-10(20-17(19)24)16(23)21-11-7-8-14(27-2)15(9-11)28(25,26)22-13-6-4-3-5-12(13)18/h3-10,22H,1-2H3,(H,21,23)(H3,19,20,24)/t10-/m0/s1. The summed E-state index contributed by atoms with van der Waals surface area (Å²) in [6, 6.07) is 8.65. The van der Waals surface area contributed by atoms with Crippen LogP contribution < -0.4 is 25.8 Å². The molecule has 2 rings (SSSR count). The lowest BCUT2D eigenvalue weighted by atomic mass is 10.2. The van der Waals surface area contributed by atoms with Crippen LogP contribution in [0.15, 0.2) is 47.4 Å². The van der Waals surface area contributed by atoms with Crippen LogP contribution in [0.1, 0.15) is 6.92 Å². The SMILES string of the molecule is COc1ccc(NC(=O)[C@H](C)NC(N)=O)cc1S(=O)(=O)Nc1ccccc1Cl. The Morgan fingerprint density at radius 1 is 1.18 bits per heavy atom. The van der Waals surface area contributed by atoms with E-state index in [9.17, 15) is 18.0 Å². The maximum atomic E-state index is 12.8. The largest absolute Gasteiger partial charge is 0.495 e. The molecule has 0 radical (unpaired) electrons. The van der Waals surface area contributed by atoms with Crippen LogP contribution in [0.4, 0.5) is 16.2 Å². The maximum Gasteiger partial charge on any atom is 0.312 e. The van der Waals surface area contributed by atoms with Crippen molar-refractivity contribution in [2.24, 2.45) is 5.73 Å². The topological polar surface area (TPSA) is 140 Å². The zero-order valence-corrected chi connectivity index (χ0v) is 16.6. The van der Waals surface area contributed by atoms with Gasteiger partial charge in [-0.1, -0.05) is 23.7 Å². The second-order valence-corrected chi connectivity index (χ2v) is 7.73. The number of sulfonamides is 1. The van der Waals surface area contributed by atoms with Gasteiger partial charge in [0.25, 0.3) is 10.0 Å². The Bertz CT molecular complexity index is 997. The molecule has 3 amide bonds. The molecule has 2 aromatic rings. The summed E-state index contributed by atoms with van der Waals surface area (Å²) in [7, 11) is -2.76. The van der Waals surface area contributed by atoms with E-state index in [-0.39, 0.29) is 27.0 Å². The van der Waals surface area contributed by atoms with E-state index in [1.807, 2.05) is 0 Å². The van der Waals surface area contributed by atoms with Gasteiger partial charge in [-0.2, -0.15) is 0 Å². The van der Waals surface area contributed by atoms with Crippen LogP contribution in [0, 0.1) is 0 Å². The van der Waals surface area contributed by atoms with Gasteiger partial charge in [0.15, 0.2) is 0 Å². The first-order valence-electron chi connectivity index (χ1n) is 7.96. The first kappa shape index (κ1) is 21.3. The van der Waals surface area contributed by atoms with E-state index in [0.29, 0.717) is 0 Å². The highest BCUT2D eigenvalue weighted by atomic mass is 35.5. The minimum atomic E-state index is -4.08. The first-order valence-corrected chi connectivity index (χ1v) is 9.82. The Labute approximate surface area is 167 Å². The molecule has 11 heteroatoms. The van der Waals surface area contributed by atoms with Gasteiger partial charge in [0.1, 0.15) is 16.7 Å². The molecule has 0 aromatic heterocycles. The lowest BCUT2D eigenvalue weighted by Crippen LogP contribution is -2.44. The second-order valence-electron chi connectivity index (χ2n) is 5.67. The predicted octanol–water partition coefficient (Wildman–Crippen LogP) is 2.14. The Hall–Kier alpha value is -2.98. The van der Waals surface area contributed by atoms with Crippen molar-refractivity contribution in [3.05, 3.63) is 47.5 Å². The Morgan fingerprint density at radius 3 is 2.46 bits per heavy atom. The van der Waals surface area contributed by atoms with Crippen molar-refractivity contribution < 1.29 is 22.7 Å². The summed E-state index contributed by atoms with van der Waals surface area (Å²) in [6.45, 7) is 1.43. The number of anilines is 2. The van der Waals surface area contributed by atoms with Gasteiger partial charge >= 0.3 is 6.03 Å². The summed E-state index contributed by atoms with van der Waals surface area (Å²) < 4.78 is 33.1. The van der Waals surface area contributed by atoms with Crippen LogP contribution in [0.5, 0.6) is 5.75 Å². The lowest BCUT2D eigenvalue weighted by molar-refractivity contribution is -0.117. The number of hydrogen-bond acceptors (Lipinski definition) is 5. The molecule has 0 bridgehead atoms. The van der Waals surface area contributed by atoms with Crippen molar-refractivity contribution in [1.82, 2.24) is 5.32 Å². The fourth-order valence-electron chi connectivity index (χ4n) is 2.24.